The van der Waals surface area contributed by atoms with E-state index in [0.29, 0.717) is 18.6 Å². The van der Waals surface area contributed by atoms with Crippen molar-refractivity contribution in [1.29, 1.82) is 0 Å². The van der Waals surface area contributed by atoms with Crippen molar-refractivity contribution in [2.24, 2.45) is 0 Å². The second kappa shape index (κ2) is 5.89. The molecule has 114 valence electrons. The van der Waals surface area contributed by atoms with Gasteiger partial charge in [-0.2, -0.15) is 0 Å². The number of piperazine rings is 1. The summed E-state index contributed by atoms with van der Waals surface area (Å²) < 4.78 is 5.15. The molecule has 0 bridgehead atoms. The number of hydrogen-bond donors (Lipinski definition) is 2. The molecule has 6 nitrogen and oxygen atoms in total. The fourth-order valence-corrected chi connectivity index (χ4v) is 3.14. The topological polar surface area (TPSA) is 66.5 Å². The Hall–Kier alpha value is -1.82. The number of pyridine rings is 1. The van der Waals surface area contributed by atoms with Crippen LogP contribution < -0.4 is 15.5 Å². The maximum atomic E-state index is 11.4. The number of aromatic nitrogens is 1. The summed E-state index contributed by atoms with van der Waals surface area (Å²) in [7, 11) is 0. The number of anilines is 1. The first-order valence-corrected chi connectivity index (χ1v) is 7.57. The Labute approximate surface area is 124 Å². The zero-order chi connectivity index (χ0) is 14.8. The van der Waals surface area contributed by atoms with Gasteiger partial charge >= 0.3 is 6.09 Å². The van der Waals surface area contributed by atoms with Gasteiger partial charge in [-0.1, -0.05) is 6.07 Å². The summed E-state index contributed by atoms with van der Waals surface area (Å²) >= 11 is 0. The highest BCUT2D eigenvalue weighted by Crippen LogP contribution is 2.33. The van der Waals surface area contributed by atoms with Crippen LogP contribution in [0.15, 0.2) is 12.1 Å². The highest BCUT2D eigenvalue weighted by atomic mass is 16.5. The van der Waals surface area contributed by atoms with Crippen LogP contribution in [0.3, 0.4) is 0 Å². The highest BCUT2D eigenvalue weighted by molar-refractivity contribution is 5.67. The molecule has 2 atom stereocenters. The number of nitrogens with one attached hydrogen (secondary N) is 2. The van der Waals surface area contributed by atoms with Crippen molar-refractivity contribution < 1.29 is 9.53 Å². The second-order valence-corrected chi connectivity index (χ2v) is 5.66. The number of carbonyl (C=O) groups excluding carboxylic acids is 1. The quantitative estimate of drug-likeness (QED) is 0.871. The normalized spacial score (nSPS) is 23.4. The summed E-state index contributed by atoms with van der Waals surface area (Å²) in [6.07, 6.45) is 0.644. The molecule has 1 aromatic heterocycles. The maximum absolute atomic E-state index is 11.4. The first-order chi connectivity index (χ1) is 10.2. The van der Waals surface area contributed by atoms with E-state index in [9.17, 15) is 4.79 Å². The molecular weight excluding hydrogens is 268 g/mol. The Balaban J connectivity index is 1.73. The lowest BCUT2D eigenvalue weighted by Gasteiger charge is -2.37. The lowest BCUT2D eigenvalue weighted by atomic mass is 10.1. The average molecular weight is 290 g/mol. The SMILES string of the molecule is CCNC(=O)OCc1ccc2c(n1)N1[C@@H](CNC[C@H]1C)C2. The van der Waals surface area contributed by atoms with E-state index >= 15 is 0 Å². The molecule has 2 aliphatic heterocycles. The molecule has 2 aliphatic rings. The van der Waals surface area contributed by atoms with Crippen LogP contribution in [0.1, 0.15) is 25.1 Å². The number of alkyl carbamates (subject to hydrolysis) is 1. The van der Waals surface area contributed by atoms with Crippen molar-refractivity contribution in [2.75, 3.05) is 24.5 Å². The molecule has 0 spiro atoms. The standard InChI is InChI=1S/C15H22N4O2/c1-3-17-15(20)21-9-12-5-4-11-6-13-8-16-7-10(2)19(13)14(11)18-12/h4-5,10,13,16H,3,6-9H2,1-2H3,(H,17,20)/t10-,13-/m1/s1. The molecule has 6 heteroatoms. The van der Waals surface area contributed by atoms with Crippen LogP contribution in [-0.2, 0) is 17.8 Å². The van der Waals surface area contributed by atoms with Crippen molar-refractivity contribution in [3.8, 4) is 0 Å². The summed E-state index contributed by atoms with van der Waals surface area (Å²) in [5.74, 6) is 1.06. The van der Waals surface area contributed by atoms with Gasteiger partial charge in [-0.25, -0.2) is 9.78 Å². The summed E-state index contributed by atoms with van der Waals surface area (Å²) in [6, 6.07) is 5.01. The monoisotopic (exact) mass is 290 g/mol. The van der Waals surface area contributed by atoms with Gasteiger partial charge in [0.05, 0.1) is 5.69 Å². The summed E-state index contributed by atoms with van der Waals surface area (Å²) in [4.78, 5) is 18.5. The molecule has 0 radical (unpaired) electrons. The fraction of sp³-hybridized carbons (Fsp3) is 0.600. The van der Waals surface area contributed by atoms with Crippen molar-refractivity contribution in [3.05, 3.63) is 23.4 Å². The van der Waals surface area contributed by atoms with Gasteiger partial charge in [0.2, 0.25) is 0 Å². The van der Waals surface area contributed by atoms with Gasteiger partial charge in [-0.3, -0.25) is 0 Å². The van der Waals surface area contributed by atoms with E-state index in [1.165, 1.54) is 5.56 Å². The molecule has 3 heterocycles. The molecule has 1 saturated heterocycles. The smallest absolute Gasteiger partial charge is 0.407 e. The summed E-state index contributed by atoms with van der Waals surface area (Å²) in [5, 5.41) is 6.08. The van der Waals surface area contributed by atoms with E-state index in [1.807, 2.05) is 13.0 Å². The van der Waals surface area contributed by atoms with E-state index < -0.39 is 6.09 Å². The Kier molecular flexibility index (Phi) is 3.96. The molecule has 1 fully saturated rings. The van der Waals surface area contributed by atoms with Crippen molar-refractivity contribution in [2.45, 2.75) is 39.0 Å². The number of rotatable bonds is 3. The number of amides is 1. The number of ether oxygens (including phenoxy) is 1. The summed E-state index contributed by atoms with van der Waals surface area (Å²) in [6.45, 7) is 6.85. The van der Waals surface area contributed by atoms with Crippen molar-refractivity contribution in [1.82, 2.24) is 15.6 Å². The molecule has 0 saturated carbocycles. The minimum absolute atomic E-state index is 0.213. The highest BCUT2D eigenvalue weighted by Gasteiger charge is 2.36. The average Bonchev–Trinajstić information content (AvgIpc) is 2.84. The molecule has 0 unspecified atom stereocenters. The third kappa shape index (κ3) is 2.81. The number of fused-ring (bicyclic) bond motifs is 3. The van der Waals surface area contributed by atoms with E-state index in [-0.39, 0.29) is 6.61 Å². The summed E-state index contributed by atoms with van der Waals surface area (Å²) in [5.41, 5.74) is 2.09. The first kappa shape index (κ1) is 14.1. The van der Waals surface area contributed by atoms with Crippen LogP contribution >= 0.6 is 0 Å². The second-order valence-electron chi connectivity index (χ2n) is 5.66. The molecule has 2 N–H and O–H groups in total. The zero-order valence-corrected chi connectivity index (χ0v) is 12.6. The van der Waals surface area contributed by atoms with Crippen molar-refractivity contribution in [3.63, 3.8) is 0 Å². The van der Waals surface area contributed by atoms with E-state index in [4.69, 9.17) is 9.72 Å². The van der Waals surface area contributed by atoms with E-state index in [0.717, 1.165) is 31.0 Å². The zero-order valence-electron chi connectivity index (χ0n) is 12.6. The Morgan fingerprint density at radius 3 is 3.19 bits per heavy atom. The van der Waals surface area contributed by atoms with Gasteiger partial charge in [-0.05, 0) is 31.9 Å². The third-order valence-corrected chi connectivity index (χ3v) is 4.07. The number of nitrogens with zero attached hydrogens (tertiary/aromatic N) is 2. The van der Waals surface area contributed by atoms with Gasteiger partial charge in [0.1, 0.15) is 12.4 Å². The largest absolute Gasteiger partial charge is 0.443 e. The number of hydrogen-bond acceptors (Lipinski definition) is 5. The lowest BCUT2D eigenvalue weighted by molar-refractivity contribution is 0.139. The Morgan fingerprint density at radius 1 is 1.52 bits per heavy atom. The molecule has 21 heavy (non-hydrogen) atoms. The van der Waals surface area contributed by atoms with Gasteiger partial charge < -0.3 is 20.3 Å². The van der Waals surface area contributed by atoms with Crippen LogP contribution in [0.4, 0.5) is 10.6 Å². The molecule has 1 amide bonds. The van der Waals surface area contributed by atoms with Crippen LogP contribution in [0.25, 0.3) is 0 Å². The predicted octanol–water partition coefficient (Wildman–Crippen LogP) is 1.05. The Morgan fingerprint density at radius 2 is 2.38 bits per heavy atom. The van der Waals surface area contributed by atoms with Crippen molar-refractivity contribution >= 4 is 11.9 Å². The van der Waals surface area contributed by atoms with Crippen LogP contribution in [0, 0.1) is 0 Å². The van der Waals surface area contributed by atoms with Gasteiger partial charge in [0.15, 0.2) is 0 Å². The first-order valence-electron chi connectivity index (χ1n) is 7.57. The van der Waals surface area contributed by atoms with Gasteiger partial charge in [-0.15, -0.1) is 0 Å². The molecule has 0 aliphatic carbocycles. The minimum Gasteiger partial charge on any atom is -0.443 e. The third-order valence-electron chi connectivity index (χ3n) is 4.07. The number of carbonyl (C=O) groups is 1. The van der Waals surface area contributed by atoms with Crippen LogP contribution in [-0.4, -0.2) is 42.8 Å². The molecule has 1 aromatic rings. The van der Waals surface area contributed by atoms with E-state index in [2.05, 4.69) is 28.5 Å². The lowest BCUT2D eigenvalue weighted by Crippen LogP contribution is -2.55. The Bertz CT molecular complexity index is 534. The fourth-order valence-electron chi connectivity index (χ4n) is 3.14. The minimum atomic E-state index is -0.395. The van der Waals surface area contributed by atoms with Gasteiger partial charge in [0.25, 0.3) is 0 Å². The molecular formula is C15H22N4O2. The van der Waals surface area contributed by atoms with Crippen LogP contribution in [0.2, 0.25) is 0 Å². The molecule has 3 rings (SSSR count). The maximum Gasteiger partial charge on any atom is 0.407 e. The van der Waals surface area contributed by atoms with Gasteiger partial charge in [0, 0.05) is 31.7 Å². The van der Waals surface area contributed by atoms with Crippen LogP contribution in [0.5, 0.6) is 0 Å². The predicted molar refractivity (Wildman–Crippen MR) is 80.4 cm³/mol. The van der Waals surface area contributed by atoms with E-state index in [1.54, 1.807) is 0 Å². The molecule has 0 aromatic carbocycles.